The SMILES string of the molecule is CC(C)(C)NC(N)=NCc1cccc2ccccc12. The third kappa shape index (κ3) is 3.71. The van der Waals surface area contributed by atoms with Gasteiger partial charge in [-0.1, -0.05) is 42.5 Å². The summed E-state index contributed by atoms with van der Waals surface area (Å²) in [5.74, 6) is 0.487. The van der Waals surface area contributed by atoms with Gasteiger partial charge in [-0.15, -0.1) is 0 Å². The summed E-state index contributed by atoms with van der Waals surface area (Å²) < 4.78 is 0. The first-order chi connectivity index (χ1) is 8.96. The molecule has 0 unspecified atom stereocenters. The molecule has 3 nitrogen and oxygen atoms in total. The Hall–Kier alpha value is -2.03. The number of guanidine groups is 1. The van der Waals surface area contributed by atoms with Crippen molar-refractivity contribution in [1.29, 1.82) is 0 Å². The van der Waals surface area contributed by atoms with Gasteiger partial charge in [-0.3, -0.25) is 0 Å². The van der Waals surface area contributed by atoms with Gasteiger partial charge in [0.05, 0.1) is 6.54 Å². The molecule has 0 fully saturated rings. The Morgan fingerprint density at radius 2 is 1.79 bits per heavy atom. The van der Waals surface area contributed by atoms with Crippen LogP contribution in [0.15, 0.2) is 47.5 Å². The molecule has 2 aromatic rings. The molecule has 0 heterocycles. The molecular formula is C16H21N3. The highest BCUT2D eigenvalue weighted by atomic mass is 15.1. The fourth-order valence-corrected chi connectivity index (χ4v) is 2.02. The average Bonchev–Trinajstić information content (AvgIpc) is 2.34. The third-order valence-electron chi connectivity index (χ3n) is 2.80. The molecule has 3 heteroatoms. The molecular weight excluding hydrogens is 234 g/mol. The lowest BCUT2D eigenvalue weighted by molar-refractivity contribution is 0.508. The Kier molecular flexibility index (Phi) is 3.74. The van der Waals surface area contributed by atoms with E-state index in [9.17, 15) is 0 Å². The molecule has 0 amide bonds. The lowest BCUT2D eigenvalue weighted by Crippen LogP contribution is -2.44. The van der Waals surface area contributed by atoms with Gasteiger partial charge in [-0.2, -0.15) is 0 Å². The first-order valence-corrected chi connectivity index (χ1v) is 6.50. The molecule has 0 aromatic heterocycles. The number of benzene rings is 2. The van der Waals surface area contributed by atoms with Gasteiger partial charge >= 0.3 is 0 Å². The van der Waals surface area contributed by atoms with Crippen molar-refractivity contribution in [1.82, 2.24) is 5.32 Å². The van der Waals surface area contributed by atoms with Gasteiger partial charge in [-0.25, -0.2) is 4.99 Å². The smallest absolute Gasteiger partial charge is 0.189 e. The number of aliphatic imine (C=N–C) groups is 1. The van der Waals surface area contributed by atoms with E-state index in [2.05, 4.69) is 61.4 Å². The van der Waals surface area contributed by atoms with Crippen LogP contribution in [-0.2, 0) is 6.54 Å². The Bertz CT molecular complexity index is 589. The number of nitrogens with zero attached hydrogens (tertiary/aromatic N) is 1. The molecule has 0 aliphatic carbocycles. The summed E-state index contributed by atoms with van der Waals surface area (Å²) in [7, 11) is 0. The molecule has 0 atom stereocenters. The predicted octanol–water partition coefficient (Wildman–Crippen LogP) is 3.04. The zero-order chi connectivity index (χ0) is 13.9. The van der Waals surface area contributed by atoms with E-state index < -0.39 is 0 Å². The minimum absolute atomic E-state index is 0.0632. The summed E-state index contributed by atoms with van der Waals surface area (Å²) in [4.78, 5) is 4.41. The average molecular weight is 255 g/mol. The standard InChI is InChI=1S/C16H21N3/c1-16(2,3)19-15(17)18-11-13-9-6-8-12-7-4-5-10-14(12)13/h4-10H,11H2,1-3H3,(H3,17,18,19). The second kappa shape index (κ2) is 5.31. The minimum Gasteiger partial charge on any atom is -0.370 e. The van der Waals surface area contributed by atoms with Crippen molar-refractivity contribution in [2.24, 2.45) is 10.7 Å². The van der Waals surface area contributed by atoms with Gasteiger partial charge in [-0.05, 0) is 37.1 Å². The van der Waals surface area contributed by atoms with Crippen LogP contribution in [0, 0.1) is 0 Å². The molecule has 2 rings (SSSR count). The quantitative estimate of drug-likeness (QED) is 0.640. The van der Waals surface area contributed by atoms with E-state index in [0.29, 0.717) is 12.5 Å². The summed E-state index contributed by atoms with van der Waals surface area (Å²) in [5, 5.41) is 5.63. The second-order valence-corrected chi connectivity index (χ2v) is 5.71. The maximum atomic E-state index is 5.89. The fourth-order valence-electron chi connectivity index (χ4n) is 2.02. The van der Waals surface area contributed by atoms with Crippen molar-refractivity contribution in [3.8, 4) is 0 Å². The second-order valence-electron chi connectivity index (χ2n) is 5.71. The summed E-state index contributed by atoms with van der Waals surface area (Å²) in [6, 6.07) is 14.6. The van der Waals surface area contributed by atoms with E-state index in [0.717, 1.165) is 0 Å². The fraction of sp³-hybridized carbons (Fsp3) is 0.312. The number of nitrogens with two attached hydrogens (primary N) is 1. The molecule has 0 saturated carbocycles. The van der Waals surface area contributed by atoms with Gasteiger partial charge in [0.1, 0.15) is 0 Å². The van der Waals surface area contributed by atoms with Crippen LogP contribution in [0.4, 0.5) is 0 Å². The highest BCUT2D eigenvalue weighted by molar-refractivity contribution is 5.86. The molecule has 0 saturated heterocycles. The molecule has 19 heavy (non-hydrogen) atoms. The highest BCUT2D eigenvalue weighted by Crippen LogP contribution is 2.19. The number of rotatable bonds is 2. The lowest BCUT2D eigenvalue weighted by Gasteiger charge is -2.21. The van der Waals surface area contributed by atoms with Crippen LogP contribution in [0.2, 0.25) is 0 Å². The normalized spacial score (nSPS) is 12.7. The molecule has 0 radical (unpaired) electrons. The zero-order valence-electron chi connectivity index (χ0n) is 11.8. The maximum Gasteiger partial charge on any atom is 0.189 e. The van der Waals surface area contributed by atoms with Crippen molar-refractivity contribution in [2.75, 3.05) is 0 Å². The number of nitrogens with one attached hydrogen (secondary N) is 1. The maximum absolute atomic E-state index is 5.89. The monoisotopic (exact) mass is 255 g/mol. The molecule has 0 spiro atoms. The Labute approximate surface area is 114 Å². The summed E-state index contributed by atoms with van der Waals surface area (Å²) in [6.45, 7) is 6.78. The van der Waals surface area contributed by atoms with Crippen LogP contribution in [-0.4, -0.2) is 11.5 Å². The van der Waals surface area contributed by atoms with Crippen LogP contribution in [0.25, 0.3) is 10.8 Å². The van der Waals surface area contributed by atoms with Crippen molar-refractivity contribution >= 4 is 16.7 Å². The van der Waals surface area contributed by atoms with Crippen molar-refractivity contribution in [3.63, 3.8) is 0 Å². The van der Waals surface area contributed by atoms with Crippen molar-refractivity contribution in [3.05, 3.63) is 48.0 Å². The molecule has 2 aromatic carbocycles. The van der Waals surface area contributed by atoms with Crippen LogP contribution < -0.4 is 11.1 Å². The van der Waals surface area contributed by atoms with E-state index in [4.69, 9.17) is 5.73 Å². The van der Waals surface area contributed by atoms with E-state index >= 15 is 0 Å². The predicted molar refractivity (Wildman–Crippen MR) is 82.2 cm³/mol. The Morgan fingerprint density at radius 1 is 1.11 bits per heavy atom. The summed E-state index contributed by atoms with van der Waals surface area (Å²) in [5.41, 5.74) is 7.02. The lowest BCUT2D eigenvalue weighted by atomic mass is 10.0. The first kappa shape index (κ1) is 13.4. The van der Waals surface area contributed by atoms with Crippen molar-refractivity contribution < 1.29 is 0 Å². The van der Waals surface area contributed by atoms with Gasteiger partial charge in [0.2, 0.25) is 0 Å². The van der Waals surface area contributed by atoms with Crippen LogP contribution in [0.3, 0.4) is 0 Å². The van der Waals surface area contributed by atoms with Gasteiger partial charge < -0.3 is 11.1 Å². The summed E-state index contributed by atoms with van der Waals surface area (Å²) in [6.07, 6.45) is 0. The molecule has 0 bridgehead atoms. The summed E-state index contributed by atoms with van der Waals surface area (Å²) >= 11 is 0. The van der Waals surface area contributed by atoms with Crippen LogP contribution in [0.5, 0.6) is 0 Å². The largest absolute Gasteiger partial charge is 0.370 e. The van der Waals surface area contributed by atoms with E-state index in [-0.39, 0.29) is 5.54 Å². The highest BCUT2D eigenvalue weighted by Gasteiger charge is 2.09. The third-order valence-corrected chi connectivity index (χ3v) is 2.80. The number of fused-ring (bicyclic) bond motifs is 1. The van der Waals surface area contributed by atoms with E-state index in [1.54, 1.807) is 0 Å². The molecule has 0 aliphatic heterocycles. The number of hydrogen-bond donors (Lipinski definition) is 2. The topological polar surface area (TPSA) is 50.4 Å². The Morgan fingerprint density at radius 3 is 2.53 bits per heavy atom. The zero-order valence-corrected chi connectivity index (χ0v) is 11.8. The minimum atomic E-state index is -0.0632. The molecule has 0 aliphatic rings. The Balaban J connectivity index is 2.20. The number of hydrogen-bond acceptors (Lipinski definition) is 1. The van der Waals surface area contributed by atoms with Gasteiger partial charge in [0, 0.05) is 5.54 Å². The van der Waals surface area contributed by atoms with Crippen LogP contribution in [0.1, 0.15) is 26.3 Å². The van der Waals surface area contributed by atoms with E-state index in [1.807, 2.05) is 12.1 Å². The van der Waals surface area contributed by atoms with Gasteiger partial charge in [0.25, 0.3) is 0 Å². The van der Waals surface area contributed by atoms with Crippen LogP contribution >= 0.6 is 0 Å². The molecule has 100 valence electrons. The van der Waals surface area contributed by atoms with E-state index in [1.165, 1.54) is 16.3 Å². The molecule has 3 N–H and O–H groups in total. The van der Waals surface area contributed by atoms with Gasteiger partial charge in [0.15, 0.2) is 5.96 Å². The van der Waals surface area contributed by atoms with Crippen molar-refractivity contribution in [2.45, 2.75) is 32.9 Å². The first-order valence-electron chi connectivity index (χ1n) is 6.50.